The van der Waals surface area contributed by atoms with Crippen LogP contribution in [0.4, 0.5) is 0 Å². The van der Waals surface area contributed by atoms with Crippen LogP contribution in [-0.2, 0) is 11.3 Å². The van der Waals surface area contributed by atoms with E-state index in [0.29, 0.717) is 6.54 Å². The molecule has 0 aliphatic carbocycles. The maximum atomic E-state index is 11.5. The van der Waals surface area contributed by atoms with Crippen molar-refractivity contribution >= 4 is 27.5 Å². The van der Waals surface area contributed by atoms with Gasteiger partial charge in [0.15, 0.2) is 0 Å². The van der Waals surface area contributed by atoms with E-state index in [9.17, 15) is 4.79 Å². The largest absolute Gasteiger partial charge is 0.359 e. The van der Waals surface area contributed by atoms with E-state index in [-0.39, 0.29) is 11.8 Å². The zero-order valence-electron chi connectivity index (χ0n) is 11.9. The van der Waals surface area contributed by atoms with Gasteiger partial charge in [0.25, 0.3) is 0 Å². The molecule has 0 fully saturated rings. The van der Waals surface area contributed by atoms with Gasteiger partial charge in [-0.25, -0.2) is 4.98 Å². The molecule has 108 valence electrons. The van der Waals surface area contributed by atoms with Crippen molar-refractivity contribution in [1.29, 1.82) is 0 Å². The normalized spacial score (nSPS) is 12.8. The Hall–Kier alpha value is -1.40. The standard InChI is InChI=1S/C14H19BrN4O/c1-10(14(20)16-2)7-18(3)9-12-6-17-13-5-4-11(15)8-19(12)13/h4-6,8,10H,7,9H2,1-3H3,(H,16,20)/t10-/m0/s1. The van der Waals surface area contributed by atoms with E-state index in [1.165, 1.54) is 0 Å². The second-order valence-electron chi connectivity index (χ2n) is 5.04. The fraction of sp³-hybridized carbons (Fsp3) is 0.429. The van der Waals surface area contributed by atoms with Crippen LogP contribution in [0.15, 0.2) is 29.0 Å². The number of imidazole rings is 1. The summed E-state index contributed by atoms with van der Waals surface area (Å²) in [5.74, 6) is 0.0358. The Kier molecular flexibility index (Phi) is 4.77. The van der Waals surface area contributed by atoms with Gasteiger partial charge in [0.2, 0.25) is 5.91 Å². The van der Waals surface area contributed by atoms with Crippen molar-refractivity contribution in [2.75, 3.05) is 20.6 Å². The Morgan fingerprint density at radius 2 is 2.30 bits per heavy atom. The fourth-order valence-electron chi connectivity index (χ4n) is 2.26. The summed E-state index contributed by atoms with van der Waals surface area (Å²) in [5, 5.41) is 2.68. The van der Waals surface area contributed by atoms with Gasteiger partial charge in [-0.2, -0.15) is 0 Å². The van der Waals surface area contributed by atoms with Crippen molar-refractivity contribution in [1.82, 2.24) is 19.6 Å². The van der Waals surface area contributed by atoms with Crippen molar-refractivity contribution in [2.45, 2.75) is 13.5 Å². The highest BCUT2D eigenvalue weighted by Gasteiger charge is 2.14. The van der Waals surface area contributed by atoms with Gasteiger partial charge < -0.3 is 9.72 Å². The lowest BCUT2D eigenvalue weighted by Gasteiger charge is -2.20. The van der Waals surface area contributed by atoms with E-state index >= 15 is 0 Å². The summed E-state index contributed by atoms with van der Waals surface area (Å²) >= 11 is 3.47. The summed E-state index contributed by atoms with van der Waals surface area (Å²) in [7, 11) is 3.68. The molecule has 0 aliphatic rings. The lowest BCUT2D eigenvalue weighted by molar-refractivity contribution is -0.124. The van der Waals surface area contributed by atoms with Crippen LogP contribution in [-0.4, -0.2) is 40.8 Å². The minimum Gasteiger partial charge on any atom is -0.359 e. The first-order chi connectivity index (χ1) is 9.51. The predicted octanol–water partition coefficient (Wildman–Crippen LogP) is 1.91. The number of nitrogens with zero attached hydrogens (tertiary/aromatic N) is 3. The van der Waals surface area contributed by atoms with Gasteiger partial charge in [-0.1, -0.05) is 6.92 Å². The Morgan fingerprint density at radius 3 is 3.00 bits per heavy atom. The van der Waals surface area contributed by atoms with Crippen LogP contribution in [0.2, 0.25) is 0 Å². The SMILES string of the molecule is CNC(=O)[C@@H](C)CN(C)Cc1cnc2ccc(Br)cn12. The van der Waals surface area contributed by atoms with Crippen LogP contribution in [0, 0.1) is 5.92 Å². The summed E-state index contributed by atoms with van der Waals surface area (Å²) in [6.07, 6.45) is 3.89. The van der Waals surface area contributed by atoms with Gasteiger partial charge in [0.1, 0.15) is 5.65 Å². The third-order valence-corrected chi connectivity index (χ3v) is 3.73. The van der Waals surface area contributed by atoms with Crippen molar-refractivity contribution < 1.29 is 4.79 Å². The Morgan fingerprint density at radius 1 is 1.55 bits per heavy atom. The Labute approximate surface area is 127 Å². The monoisotopic (exact) mass is 338 g/mol. The van der Waals surface area contributed by atoms with E-state index in [2.05, 4.69) is 35.5 Å². The molecule has 1 atom stereocenters. The average molecular weight is 339 g/mol. The van der Waals surface area contributed by atoms with E-state index in [1.807, 2.05) is 38.5 Å². The van der Waals surface area contributed by atoms with Gasteiger partial charge in [-0.05, 0) is 35.1 Å². The average Bonchev–Trinajstić information content (AvgIpc) is 2.80. The Balaban J connectivity index is 2.08. The van der Waals surface area contributed by atoms with Crippen LogP contribution >= 0.6 is 15.9 Å². The summed E-state index contributed by atoms with van der Waals surface area (Å²) in [6.45, 7) is 3.39. The minimum atomic E-state index is -0.0316. The summed E-state index contributed by atoms with van der Waals surface area (Å²) < 4.78 is 3.08. The number of carbonyl (C=O) groups excluding carboxylic acids is 1. The van der Waals surface area contributed by atoms with Gasteiger partial charge in [-0.3, -0.25) is 9.69 Å². The molecule has 0 spiro atoms. The van der Waals surface area contributed by atoms with Crippen molar-refractivity contribution in [2.24, 2.45) is 5.92 Å². The number of pyridine rings is 1. The molecule has 2 rings (SSSR count). The molecular weight excluding hydrogens is 320 g/mol. The summed E-state index contributed by atoms with van der Waals surface area (Å²) in [5.41, 5.74) is 2.03. The third kappa shape index (κ3) is 3.37. The number of halogens is 1. The van der Waals surface area contributed by atoms with Gasteiger partial charge in [-0.15, -0.1) is 0 Å². The summed E-state index contributed by atoms with van der Waals surface area (Å²) in [6, 6.07) is 3.95. The smallest absolute Gasteiger partial charge is 0.223 e. The van der Waals surface area contributed by atoms with Crippen LogP contribution in [0.5, 0.6) is 0 Å². The number of rotatable bonds is 5. The number of hydrogen-bond donors (Lipinski definition) is 1. The number of aromatic nitrogens is 2. The summed E-state index contributed by atoms with van der Waals surface area (Å²) in [4.78, 5) is 18.1. The molecule has 5 nitrogen and oxygen atoms in total. The number of nitrogens with one attached hydrogen (secondary N) is 1. The molecule has 2 aromatic rings. The second-order valence-corrected chi connectivity index (χ2v) is 5.95. The molecule has 0 saturated heterocycles. The van der Waals surface area contributed by atoms with Gasteiger partial charge in [0.05, 0.1) is 11.9 Å². The first kappa shape index (κ1) is 15.0. The van der Waals surface area contributed by atoms with Crippen LogP contribution < -0.4 is 5.32 Å². The van der Waals surface area contributed by atoms with Gasteiger partial charge >= 0.3 is 0 Å². The van der Waals surface area contributed by atoms with Crippen LogP contribution in [0.3, 0.4) is 0 Å². The molecule has 6 heteroatoms. The highest BCUT2D eigenvalue weighted by Crippen LogP contribution is 2.15. The van der Waals surface area contributed by atoms with Gasteiger partial charge in [0, 0.05) is 36.7 Å². The molecule has 0 radical (unpaired) electrons. The first-order valence-corrected chi connectivity index (χ1v) is 7.32. The third-order valence-electron chi connectivity index (χ3n) is 3.26. The molecule has 0 aromatic carbocycles. The highest BCUT2D eigenvalue weighted by atomic mass is 79.9. The van der Waals surface area contributed by atoms with Crippen molar-refractivity contribution in [3.8, 4) is 0 Å². The number of hydrogen-bond acceptors (Lipinski definition) is 3. The predicted molar refractivity (Wildman–Crippen MR) is 82.5 cm³/mol. The van der Waals surface area contributed by atoms with Crippen molar-refractivity contribution in [3.63, 3.8) is 0 Å². The highest BCUT2D eigenvalue weighted by molar-refractivity contribution is 9.10. The number of carbonyl (C=O) groups is 1. The van der Waals surface area contributed by atoms with E-state index in [1.54, 1.807) is 7.05 Å². The van der Waals surface area contributed by atoms with E-state index in [0.717, 1.165) is 22.4 Å². The zero-order chi connectivity index (χ0) is 14.7. The minimum absolute atomic E-state index is 0.0316. The van der Waals surface area contributed by atoms with E-state index in [4.69, 9.17) is 0 Å². The second kappa shape index (κ2) is 6.37. The molecule has 1 N–H and O–H groups in total. The molecule has 1 amide bonds. The first-order valence-electron chi connectivity index (χ1n) is 6.53. The lowest BCUT2D eigenvalue weighted by Crippen LogP contribution is -2.34. The molecule has 2 heterocycles. The molecule has 2 aromatic heterocycles. The van der Waals surface area contributed by atoms with Crippen molar-refractivity contribution in [3.05, 3.63) is 34.7 Å². The molecule has 0 unspecified atom stereocenters. The molecule has 0 aliphatic heterocycles. The van der Waals surface area contributed by atoms with Crippen LogP contribution in [0.1, 0.15) is 12.6 Å². The maximum absolute atomic E-state index is 11.5. The molecule has 0 bridgehead atoms. The van der Waals surface area contributed by atoms with E-state index < -0.39 is 0 Å². The number of fused-ring (bicyclic) bond motifs is 1. The Bertz CT molecular complexity index is 610. The molecule has 0 saturated carbocycles. The topological polar surface area (TPSA) is 49.6 Å². The molecule has 20 heavy (non-hydrogen) atoms. The van der Waals surface area contributed by atoms with Crippen LogP contribution in [0.25, 0.3) is 5.65 Å². The maximum Gasteiger partial charge on any atom is 0.223 e. The fourth-order valence-corrected chi connectivity index (χ4v) is 2.60. The lowest BCUT2D eigenvalue weighted by atomic mass is 10.1. The number of amides is 1. The zero-order valence-corrected chi connectivity index (χ0v) is 13.5. The quantitative estimate of drug-likeness (QED) is 0.905. The molecular formula is C14H19BrN4O.